The van der Waals surface area contributed by atoms with Crippen molar-refractivity contribution in [3.8, 4) is 28.5 Å². The lowest BCUT2D eigenvalue weighted by Crippen LogP contribution is -2.30. The topological polar surface area (TPSA) is 34.0 Å². The molecular formula is C35H28N4. The van der Waals surface area contributed by atoms with E-state index in [-0.39, 0.29) is 5.41 Å². The number of benzene rings is 5. The zero-order chi connectivity index (χ0) is 26.4. The van der Waals surface area contributed by atoms with Crippen LogP contribution in [0.15, 0.2) is 133 Å². The summed E-state index contributed by atoms with van der Waals surface area (Å²) in [7, 11) is 0. The molecule has 0 spiro atoms. The van der Waals surface area contributed by atoms with Crippen molar-refractivity contribution < 1.29 is 0 Å². The molecule has 0 saturated carbocycles. The van der Waals surface area contributed by atoms with Gasteiger partial charge in [0.1, 0.15) is 0 Å². The van der Waals surface area contributed by atoms with Gasteiger partial charge in [-0.25, -0.2) is 9.67 Å². The molecule has 39 heavy (non-hydrogen) atoms. The third-order valence-corrected chi connectivity index (χ3v) is 7.66. The minimum atomic E-state index is -0.0777. The number of fused-ring (bicyclic) bond motifs is 2. The van der Waals surface area contributed by atoms with Crippen molar-refractivity contribution in [1.82, 2.24) is 14.8 Å². The Hall–Kier alpha value is -4.96. The van der Waals surface area contributed by atoms with Crippen LogP contribution in [0, 0.1) is 0 Å². The fraction of sp³-hybridized carbons (Fsp3) is 0.0857. The highest BCUT2D eigenvalue weighted by molar-refractivity contribution is 5.86. The van der Waals surface area contributed by atoms with Crippen molar-refractivity contribution in [2.75, 3.05) is 4.90 Å². The van der Waals surface area contributed by atoms with E-state index in [1.807, 2.05) is 41.1 Å². The molecule has 0 atom stereocenters. The summed E-state index contributed by atoms with van der Waals surface area (Å²) in [6.07, 6.45) is 0. The lowest BCUT2D eigenvalue weighted by atomic mass is 9.73. The van der Waals surface area contributed by atoms with E-state index in [0.29, 0.717) is 5.82 Å². The van der Waals surface area contributed by atoms with E-state index in [4.69, 9.17) is 10.1 Å². The summed E-state index contributed by atoms with van der Waals surface area (Å²) in [5.74, 6) is 1.52. The van der Waals surface area contributed by atoms with Gasteiger partial charge in [0.2, 0.25) is 0 Å². The first-order valence-corrected chi connectivity index (χ1v) is 13.3. The molecule has 7 rings (SSSR count). The fourth-order valence-corrected chi connectivity index (χ4v) is 5.66. The summed E-state index contributed by atoms with van der Waals surface area (Å²) in [4.78, 5) is 7.36. The van der Waals surface area contributed by atoms with Crippen molar-refractivity contribution in [2.24, 2.45) is 0 Å². The largest absolute Gasteiger partial charge is 0.310 e. The molecule has 1 aliphatic rings. The van der Waals surface area contributed by atoms with Crippen LogP contribution in [0.5, 0.6) is 0 Å². The number of aromatic nitrogens is 3. The number of para-hydroxylation sites is 3. The van der Waals surface area contributed by atoms with Gasteiger partial charge in [-0.1, -0.05) is 98.8 Å². The zero-order valence-corrected chi connectivity index (χ0v) is 22.0. The molecule has 0 fully saturated rings. The van der Waals surface area contributed by atoms with E-state index in [2.05, 4.69) is 116 Å². The molecule has 1 aliphatic heterocycles. The third-order valence-electron chi connectivity index (χ3n) is 7.66. The van der Waals surface area contributed by atoms with E-state index in [0.717, 1.165) is 28.3 Å². The first kappa shape index (κ1) is 23.2. The molecule has 0 bridgehead atoms. The first-order valence-electron chi connectivity index (χ1n) is 13.3. The lowest BCUT2D eigenvalue weighted by Gasteiger charge is -2.42. The van der Waals surface area contributed by atoms with Crippen LogP contribution >= 0.6 is 0 Å². The number of nitrogens with zero attached hydrogens (tertiary/aromatic N) is 4. The molecule has 0 unspecified atom stereocenters. The van der Waals surface area contributed by atoms with Crippen LogP contribution in [0.2, 0.25) is 0 Å². The van der Waals surface area contributed by atoms with Crippen molar-refractivity contribution >= 4 is 17.1 Å². The lowest BCUT2D eigenvalue weighted by molar-refractivity contribution is 0.632. The van der Waals surface area contributed by atoms with Crippen LogP contribution in [-0.2, 0) is 5.41 Å². The monoisotopic (exact) mass is 504 g/mol. The molecule has 0 radical (unpaired) electrons. The second-order valence-electron chi connectivity index (χ2n) is 10.4. The van der Waals surface area contributed by atoms with Crippen LogP contribution < -0.4 is 4.90 Å². The Morgan fingerprint density at radius 3 is 1.67 bits per heavy atom. The summed E-state index contributed by atoms with van der Waals surface area (Å²) < 4.78 is 1.93. The van der Waals surface area contributed by atoms with Crippen LogP contribution in [0.1, 0.15) is 25.0 Å². The summed E-state index contributed by atoms with van der Waals surface area (Å²) in [6, 6.07) is 46.4. The maximum Gasteiger partial charge on any atom is 0.182 e. The number of anilines is 3. The molecular weight excluding hydrogens is 476 g/mol. The Balaban J connectivity index is 1.32. The average molecular weight is 505 g/mol. The Kier molecular flexibility index (Phi) is 5.41. The smallest absolute Gasteiger partial charge is 0.182 e. The van der Waals surface area contributed by atoms with Gasteiger partial charge in [-0.2, -0.15) is 0 Å². The fourth-order valence-electron chi connectivity index (χ4n) is 5.66. The third kappa shape index (κ3) is 3.84. The van der Waals surface area contributed by atoms with Crippen molar-refractivity contribution in [1.29, 1.82) is 0 Å². The highest BCUT2D eigenvalue weighted by Gasteiger charge is 2.36. The number of rotatable bonds is 4. The minimum Gasteiger partial charge on any atom is -0.310 e. The molecule has 5 aromatic carbocycles. The summed E-state index contributed by atoms with van der Waals surface area (Å²) in [5, 5.41) is 4.95. The van der Waals surface area contributed by atoms with E-state index in [9.17, 15) is 0 Å². The number of hydrogen-bond donors (Lipinski definition) is 0. The highest BCUT2D eigenvalue weighted by atomic mass is 15.4. The van der Waals surface area contributed by atoms with Gasteiger partial charge in [0.25, 0.3) is 0 Å². The van der Waals surface area contributed by atoms with E-state index < -0.39 is 0 Å². The van der Waals surface area contributed by atoms with E-state index in [1.54, 1.807) is 0 Å². The van der Waals surface area contributed by atoms with E-state index >= 15 is 0 Å². The molecule has 4 nitrogen and oxygen atoms in total. The van der Waals surface area contributed by atoms with Crippen LogP contribution in [-0.4, -0.2) is 14.8 Å². The molecule has 1 aromatic heterocycles. The molecule has 6 aromatic rings. The molecule has 0 N–H and O–H groups in total. The quantitative estimate of drug-likeness (QED) is 0.241. The van der Waals surface area contributed by atoms with Gasteiger partial charge in [-0.15, -0.1) is 5.10 Å². The van der Waals surface area contributed by atoms with Gasteiger partial charge in [0.05, 0.1) is 17.1 Å². The second-order valence-corrected chi connectivity index (χ2v) is 10.4. The Labute approximate surface area is 228 Å². The van der Waals surface area contributed by atoms with Gasteiger partial charge >= 0.3 is 0 Å². The molecule has 0 saturated heterocycles. The molecule has 0 amide bonds. The van der Waals surface area contributed by atoms with Crippen LogP contribution in [0.25, 0.3) is 28.5 Å². The van der Waals surface area contributed by atoms with Crippen LogP contribution in [0.3, 0.4) is 0 Å². The zero-order valence-electron chi connectivity index (χ0n) is 22.0. The predicted molar refractivity (Wildman–Crippen MR) is 159 cm³/mol. The maximum atomic E-state index is 5.00. The highest BCUT2D eigenvalue weighted by Crippen LogP contribution is 2.51. The van der Waals surface area contributed by atoms with E-state index in [1.165, 1.54) is 22.5 Å². The van der Waals surface area contributed by atoms with Gasteiger partial charge in [-0.3, -0.25) is 0 Å². The molecule has 188 valence electrons. The average Bonchev–Trinajstić information content (AvgIpc) is 3.44. The molecule has 0 aliphatic carbocycles. The Morgan fingerprint density at radius 2 is 1.05 bits per heavy atom. The van der Waals surface area contributed by atoms with Gasteiger partial charge in [-0.05, 0) is 59.7 Å². The molecule has 2 heterocycles. The minimum absolute atomic E-state index is 0.0777. The van der Waals surface area contributed by atoms with Gasteiger partial charge in [0, 0.05) is 22.2 Å². The summed E-state index contributed by atoms with van der Waals surface area (Å²) in [5.41, 5.74) is 9.10. The standard InChI is InChI=1S/C35H28N4/c1-35(2)29-17-9-11-19-31(29)38(32-20-12-10-18-30(32)35)27-23-21-25(22-24-27)33-36-34(26-13-5-3-6-14-26)39(37-33)28-15-7-4-8-16-28/h3-24H,1-2H3. The van der Waals surface area contributed by atoms with Crippen LogP contribution in [0.4, 0.5) is 17.1 Å². The normalized spacial score (nSPS) is 13.5. The van der Waals surface area contributed by atoms with Crippen molar-refractivity contribution in [3.63, 3.8) is 0 Å². The SMILES string of the molecule is CC1(C)c2ccccc2N(c2ccc(-c3nc(-c4ccccc4)n(-c4ccccc4)n3)cc2)c2ccccc21. The van der Waals surface area contributed by atoms with Crippen molar-refractivity contribution in [2.45, 2.75) is 19.3 Å². The number of hydrogen-bond acceptors (Lipinski definition) is 3. The summed E-state index contributed by atoms with van der Waals surface area (Å²) >= 11 is 0. The van der Waals surface area contributed by atoms with Gasteiger partial charge < -0.3 is 4.90 Å². The van der Waals surface area contributed by atoms with Gasteiger partial charge in [0.15, 0.2) is 11.6 Å². The maximum absolute atomic E-state index is 5.00. The summed E-state index contributed by atoms with van der Waals surface area (Å²) in [6.45, 7) is 4.62. The molecule has 4 heteroatoms. The first-order chi connectivity index (χ1) is 19.1. The predicted octanol–water partition coefficient (Wildman–Crippen LogP) is 8.71. The Morgan fingerprint density at radius 1 is 0.513 bits per heavy atom. The van der Waals surface area contributed by atoms with Crippen molar-refractivity contribution in [3.05, 3.63) is 145 Å². The Bertz CT molecular complexity index is 1660. The second kappa shape index (κ2) is 9.10.